The van der Waals surface area contributed by atoms with Crippen molar-refractivity contribution in [3.05, 3.63) is 138 Å². The zero-order chi connectivity index (χ0) is 30.4. The Morgan fingerprint density at radius 3 is 2.31 bits per heavy atom. The molecule has 7 nitrogen and oxygen atoms in total. The number of nitrogens with one attached hydrogen (secondary N) is 2. The quantitative estimate of drug-likeness (QED) is 0.151. The molecular weight excluding hydrogens is 611 g/mol. The average Bonchev–Trinajstić information content (AvgIpc) is 3.51. The first-order chi connectivity index (χ1) is 21.5. The highest BCUT2D eigenvalue weighted by Crippen LogP contribution is 2.39. The van der Waals surface area contributed by atoms with Gasteiger partial charge >= 0.3 is 0 Å². The van der Waals surface area contributed by atoms with Crippen LogP contribution in [0.4, 0.5) is 4.39 Å². The van der Waals surface area contributed by atoms with Crippen LogP contribution in [0.15, 0.2) is 121 Å². The highest BCUT2D eigenvalue weighted by Gasteiger charge is 2.21. The number of aromatic amines is 1. The Kier molecular flexibility index (Phi) is 10.6. The Balaban J connectivity index is 0.00000400. The number of halogens is 2. The van der Waals surface area contributed by atoms with E-state index in [1.54, 1.807) is 36.7 Å². The molecule has 3 heterocycles. The zero-order valence-electron chi connectivity index (χ0n) is 24.5. The van der Waals surface area contributed by atoms with Gasteiger partial charge in [-0.15, -0.1) is 12.4 Å². The van der Waals surface area contributed by atoms with Gasteiger partial charge in [-0.1, -0.05) is 53.4 Å². The summed E-state index contributed by atoms with van der Waals surface area (Å²) in [5, 5.41) is 0. The zero-order valence-corrected chi connectivity index (χ0v) is 26.2. The summed E-state index contributed by atoms with van der Waals surface area (Å²) in [6.07, 6.45) is 9.61. The van der Waals surface area contributed by atoms with Gasteiger partial charge in [0.25, 0.3) is 10.0 Å². The van der Waals surface area contributed by atoms with Crippen molar-refractivity contribution in [2.75, 3.05) is 19.6 Å². The van der Waals surface area contributed by atoms with Crippen molar-refractivity contribution in [2.24, 2.45) is 0 Å². The molecule has 0 saturated heterocycles. The first-order valence-electron chi connectivity index (χ1n) is 14.5. The molecule has 5 aromatic rings. The standard InChI is InChI=1S/C35H33FN4O3S.ClH/c36-31-10-8-30(9-11-31)35-34(29-14-19-37-20-15-29)33(24-38-35)28-17-22-40(23-18-28)21-16-26-6-12-32(13-7-26)44(41,42)39-43-25-27-4-2-1-3-5-27;/h1-15,17,19-20,24,38-39H,16,18,21-23,25H2;1H. The van der Waals surface area contributed by atoms with Crippen LogP contribution < -0.4 is 4.89 Å². The van der Waals surface area contributed by atoms with E-state index >= 15 is 0 Å². The van der Waals surface area contributed by atoms with Gasteiger partial charge < -0.3 is 4.98 Å². The molecule has 0 atom stereocenters. The fraction of sp³-hybridized carbons (Fsp3) is 0.171. The molecule has 0 spiro atoms. The van der Waals surface area contributed by atoms with Gasteiger partial charge in [-0.3, -0.25) is 14.7 Å². The first kappa shape index (κ1) is 32.3. The first-order valence-corrected chi connectivity index (χ1v) is 16.0. The lowest BCUT2D eigenvalue weighted by Crippen LogP contribution is -2.30. The van der Waals surface area contributed by atoms with Gasteiger partial charge in [-0.2, -0.15) is 0 Å². The van der Waals surface area contributed by atoms with Gasteiger partial charge in [0.15, 0.2) is 0 Å². The predicted octanol–water partition coefficient (Wildman–Crippen LogP) is 7.05. The molecule has 0 bridgehead atoms. The van der Waals surface area contributed by atoms with Crippen molar-refractivity contribution in [1.82, 2.24) is 19.8 Å². The Morgan fingerprint density at radius 2 is 1.62 bits per heavy atom. The van der Waals surface area contributed by atoms with Crippen LogP contribution in [0.2, 0.25) is 0 Å². The number of hydrogen-bond donors (Lipinski definition) is 2. The monoisotopic (exact) mass is 644 g/mol. The molecule has 0 aliphatic carbocycles. The number of H-pyrrole nitrogens is 1. The highest BCUT2D eigenvalue weighted by atomic mass is 35.5. The summed E-state index contributed by atoms with van der Waals surface area (Å²) in [6, 6.07) is 26.9. The normalized spacial score (nSPS) is 13.7. The van der Waals surface area contributed by atoms with E-state index < -0.39 is 10.0 Å². The summed E-state index contributed by atoms with van der Waals surface area (Å²) in [7, 11) is -3.77. The summed E-state index contributed by atoms with van der Waals surface area (Å²) >= 11 is 0. The van der Waals surface area contributed by atoms with Crippen LogP contribution in [-0.4, -0.2) is 42.9 Å². The summed E-state index contributed by atoms with van der Waals surface area (Å²) in [6.45, 7) is 2.74. The topological polar surface area (TPSA) is 87.3 Å². The van der Waals surface area contributed by atoms with Crippen LogP contribution in [-0.2, 0) is 27.9 Å². The van der Waals surface area contributed by atoms with Gasteiger partial charge in [0.2, 0.25) is 0 Å². The van der Waals surface area contributed by atoms with E-state index in [0.29, 0.717) is 0 Å². The smallest absolute Gasteiger partial charge is 0.262 e. The maximum absolute atomic E-state index is 13.6. The van der Waals surface area contributed by atoms with Crippen LogP contribution in [0.5, 0.6) is 0 Å². The van der Waals surface area contributed by atoms with E-state index in [1.165, 1.54) is 17.7 Å². The summed E-state index contributed by atoms with van der Waals surface area (Å²) in [5.41, 5.74) is 8.40. The Morgan fingerprint density at radius 1 is 0.889 bits per heavy atom. The lowest BCUT2D eigenvalue weighted by Gasteiger charge is -2.26. The Hall–Kier alpha value is -4.12. The number of rotatable bonds is 11. The van der Waals surface area contributed by atoms with Crippen LogP contribution in [0.3, 0.4) is 0 Å². The summed E-state index contributed by atoms with van der Waals surface area (Å²) in [4.78, 5) is 17.6. The fourth-order valence-electron chi connectivity index (χ4n) is 5.43. The molecule has 3 aromatic carbocycles. The molecule has 0 fully saturated rings. The van der Waals surface area contributed by atoms with Crippen molar-refractivity contribution >= 4 is 28.0 Å². The Bertz CT molecular complexity index is 1830. The third-order valence-corrected chi connectivity index (χ3v) is 9.05. The predicted molar refractivity (Wildman–Crippen MR) is 177 cm³/mol. The number of benzene rings is 3. The Labute approximate surface area is 269 Å². The highest BCUT2D eigenvalue weighted by molar-refractivity contribution is 7.89. The van der Waals surface area contributed by atoms with Crippen molar-refractivity contribution in [3.63, 3.8) is 0 Å². The lowest BCUT2D eigenvalue weighted by molar-refractivity contribution is 0.0795. The summed E-state index contributed by atoms with van der Waals surface area (Å²) < 4.78 is 38.9. The van der Waals surface area contributed by atoms with Crippen LogP contribution in [0, 0.1) is 5.82 Å². The number of hydrogen-bond acceptors (Lipinski definition) is 5. The molecule has 232 valence electrons. The average molecular weight is 645 g/mol. The van der Waals surface area contributed by atoms with Crippen LogP contribution in [0.1, 0.15) is 23.1 Å². The van der Waals surface area contributed by atoms with E-state index in [9.17, 15) is 12.8 Å². The lowest BCUT2D eigenvalue weighted by atomic mass is 9.92. The molecule has 45 heavy (non-hydrogen) atoms. The number of pyridine rings is 1. The third kappa shape index (κ3) is 7.94. The minimum absolute atomic E-state index is 0. The van der Waals surface area contributed by atoms with E-state index in [4.69, 9.17) is 4.84 Å². The molecule has 6 rings (SSSR count). The van der Waals surface area contributed by atoms with E-state index in [0.717, 1.165) is 71.6 Å². The third-order valence-electron chi connectivity index (χ3n) is 7.82. The molecular formula is C35H34ClFN4O3S. The van der Waals surface area contributed by atoms with Crippen molar-refractivity contribution in [2.45, 2.75) is 24.3 Å². The molecule has 10 heteroatoms. The number of aromatic nitrogens is 2. The minimum atomic E-state index is -3.77. The molecule has 2 aromatic heterocycles. The van der Waals surface area contributed by atoms with Gasteiger partial charge in [0, 0.05) is 49.4 Å². The van der Waals surface area contributed by atoms with E-state index in [2.05, 4.69) is 25.8 Å². The molecule has 0 radical (unpaired) electrons. The summed E-state index contributed by atoms with van der Waals surface area (Å²) in [5.74, 6) is -0.261. The molecule has 2 N–H and O–H groups in total. The SMILES string of the molecule is Cl.O=S(=O)(NOCc1ccccc1)c1ccc(CCN2CC=C(c3c[nH]c(-c4ccc(F)cc4)c3-c3ccncc3)CC2)cc1. The van der Waals surface area contributed by atoms with Gasteiger partial charge in [-0.05, 0) is 89.2 Å². The molecule has 0 saturated carbocycles. The van der Waals surface area contributed by atoms with Crippen LogP contribution in [0.25, 0.3) is 28.0 Å². The second kappa shape index (κ2) is 14.8. The fourth-order valence-corrected chi connectivity index (χ4v) is 6.24. The van der Waals surface area contributed by atoms with Gasteiger partial charge in [0.05, 0.1) is 17.2 Å². The van der Waals surface area contributed by atoms with Crippen LogP contribution >= 0.6 is 12.4 Å². The maximum atomic E-state index is 13.6. The molecule has 1 aliphatic rings. The van der Waals surface area contributed by atoms with Crippen molar-refractivity contribution in [3.8, 4) is 22.4 Å². The maximum Gasteiger partial charge on any atom is 0.262 e. The minimum Gasteiger partial charge on any atom is -0.360 e. The molecule has 0 unspecified atom stereocenters. The van der Waals surface area contributed by atoms with Gasteiger partial charge in [-0.25, -0.2) is 12.8 Å². The van der Waals surface area contributed by atoms with Crippen molar-refractivity contribution in [1.29, 1.82) is 0 Å². The molecule has 0 amide bonds. The van der Waals surface area contributed by atoms with Gasteiger partial charge in [0.1, 0.15) is 5.82 Å². The number of nitrogens with zero attached hydrogens (tertiary/aromatic N) is 2. The second-order valence-corrected chi connectivity index (χ2v) is 12.4. The van der Waals surface area contributed by atoms with Crippen molar-refractivity contribution < 1.29 is 17.6 Å². The van der Waals surface area contributed by atoms with E-state index in [-0.39, 0.29) is 29.7 Å². The van der Waals surface area contributed by atoms with E-state index in [1.807, 2.05) is 60.8 Å². The largest absolute Gasteiger partial charge is 0.360 e. The molecule has 1 aliphatic heterocycles. The second-order valence-electron chi connectivity index (χ2n) is 10.7. The number of sulfonamides is 1.